The third-order valence-electron chi connectivity index (χ3n) is 3.39. The minimum atomic E-state index is -0.587. The Morgan fingerprint density at radius 3 is 2.04 bits per heavy atom. The van der Waals surface area contributed by atoms with Crippen molar-refractivity contribution in [3.63, 3.8) is 0 Å². The maximum Gasteiger partial charge on any atom is 0.338 e. The molecule has 0 spiro atoms. The van der Waals surface area contributed by atoms with E-state index in [0.29, 0.717) is 16.5 Å². The highest BCUT2D eigenvalue weighted by atomic mass is 35.5. The van der Waals surface area contributed by atoms with E-state index >= 15 is 0 Å². The van der Waals surface area contributed by atoms with Gasteiger partial charge in [0.2, 0.25) is 0 Å². The van der Waals surface area contributed by atoms with Gasteiger partial charge >= 0.3 is 11.9 Å². The van der Waals surface area contributed by atoms with E-state index in [0.717, 1.165) is 5.56 Å². The Kier molecular flexibility index (Phi) is 6.25. The molecule has 2 aromatic rings. The van der Waals surface area contributed by atoms with Crippen LogP contribution in [0, 0.1) is 0 Å². The molecule has 0 fully saturated rings. The molecule has 6 nitrogen and oxygen atoms in total. The highest BCUT2D eigenvalue weighted by Crippen LogP contribution is 2.25. The third kappa shape index (κ3) is 4.64. The Balaban J connectivity index is 2.31. The third-order valence-corrected chi connectivity index (χ3v) is 3.62. The molecule has 0 aliphatic heterocycles. The average molecular weight is 365 g/mol. The van der Waals surface area contributed by atoms with Gasteiger partial charge in [-0.05, 0) is 36.4 Å². The predicted molar refractivity (Wildman–Crippen MR) is 91.5 cm³/mol. The Hall–Kier alpha value is -2.73. The lowest BCUT2D eigenvalue weighted by molar-refractivity contribution is 0.0598. The topological polar surface area (TPSA) is 71.1 Å². The van der Waals surface area contributed by atoms with Gasteiger partial charge in [-0.2, -0.15) is 0 Å². The highest BCUT2D eigenvalue weighted by molar-refractivity contribution is 6.30. The van der Waals surface area contributed by atoms with Crippen molar-refractivity contribution in [1.82, 2.24) is 0 Å². The monoisotopic (exact) mass is 364 g/mol. The van der Waals surface area contributed by atoms with Gasteiger partial charge in [0.25, 0.3) is 0 Å². The van der Waals surface area contributed by atoms with Crippen molar-refractivity contribution in [2.75, 3.05) is 21.3 Å². The van der Waals surface area contributed by atoms with E-state index in [2.05, 4.69) is 0 Å². The molecule has 0 aliphatic carbocycles. The zero-order chi connectivity index (χ0) is 18.4. The molecule has 0 unspecified atom stereocenters. The number of halogens is 1. The van der Waals surface area contributed by atoms with Crippen LogP contribution in [0.2, 0.25) is 5.02 Å². The predicted octanol–water partition coefficient (Wildman–Crippen LogP) is 3.50. The molecule has 2 rings (SSSR count). The molecule has 0 atom stereocenters. The second-order valence-electron chi connectivity index (χ2n) is 4.97. The van der Waals surface area contributed by atoms with E-state index in [-0.39, 0.29) is 17.7 Å². The van der Waals surface area contributed by atoms with Gasteiger partial charge in [0.05, 0.1) is 32.5 Å². The first kappa shape index (κ1) is 18.6. The molecule has 0 saturated carbocycles. The number of carbonyl (C=O) groups excluding carboxylic acids is 2. The molecule has 132 valence electrons. The van der Waals surface area contributed by atoms with E-state index in [1.54, 1.807) is 25.3 Å². The van der Waals surface area contributed by atoms with Crippen molar-refractivity contribution in [1.29, 1.82) is 0 Å². The van der Waals surface area contributed by atoms with Gasteiger partial charge in [-0.3, -0.25) is 0 Å². The molecule has 7 heteroatoms. The summed E-state index contributed by atoms with van der Waals surface area (Å²) in [6.45, 7) is 0.134. The molecule has 0 aliphatic rings. The van der Waals surface area contributed by atoms with Crippen molar-refractivity contribution >= 4 is 23.5 Å². The second kappa shape index (κ2) is 8.39. The van der Waals surface area contributed by atoms with Crippen molar-refractivity contribution in [3.8, 4) is 11.5 Å². The van der Waals surface area contributed by atoms with Gasteiger partial charge in [-0.1, -0.05) is 11.6 Å². The van der Waals surface area contributed by atoms with Crippen LogP contribution in [-0.2, 0) is 16.1 Å². The standard InChI is InChI=1S/C18H17ClO6/c1-22-16-5-4-14(19)7-13(16)10-25-15-8-11(17(20)23-2)6-12(9-15)18(21)24-3/h4-9H,10H2,1-3H3. The summed E-state index contributed by atoms with van der Waals surface area (Å²) >= 11 is 5.99. The fraction of sp³-hybridized carbons (Fsp3) is 0.222. The molecular weight excluding hydrogens is 348 g/mol. The summed E-state index contributed by atoms with van der Waals surface area (Å²) in [5, 5.41) is 0.540. The van der Waals surface area contributed by atoms with E-state index < -0.39 is 11.9 Å². The van der Waals surface area contributed by atoms with Gasteiger partial charge in [0.15, 0.2) is 0 Å². The molecule has 0 radical (unpaired) electrons. The molecule has 2 aromatic carbocycles. The van der Waals surface area contributed by atoms with Crippen LogP contribution < -0.4 is 9.47 Å². The summed E-state index contributed by atoms with van der Waals surface area (Å²) in [5.41, 5.74) is 1.08. The van der Waals surface area contributed by atoms with Gasteiger partial charge in [0.1, 0.15) is 18.1 Å². The number of ether oxygens (including phenoxy) is 4. The summed E-state index contributed by atoms with van der Waals surface area (Å²) < 4.78 is 20.3. The average Bonchev–Trinajstić information content (AvgIpc) is 2.64. The maximum absolute atomic E-state index is 11.8. The van der Waals surface area contributed by atoms with Crippen molar-refractivity contribution < 1.29 is 28.5 Å². The minimum Gasteiger partial charge on any atom is -0.496 e. The number of rotatable bonds is 6. The van der Waals surface area contributed by atoms with E-state index in [1.165, 1.54) is 32.4 Å². The van der Waals surface area contributed by atoms with Crippen molar-refractivity contribution in [2.24, 2.45) is 0 Å². The lowest BCUT2D eigenvalue weighted by atomic mass is 10.1. The van der Waals surface area contributed by atoms with Crippen LogP contribution in [0.15, 0.2) is 36.4 Å². The fourth-order valence-electron chi connectivity index (χ4n) is 2.17. The SMILES string of the molecule is COC(=O)c1cc(OCc2cc(Cl)ccc2OC)cc(C(=O)OC)c1. The lowest BCUT2D eigenvalue weighted by Gasteiger charge is -2.12. The minimum absolute atomic E-state index is 0.134. The number of hydrogen-bond donors (Lipinski definition) is 0. The number of esters is 2. The maximum atomic E-state index is 11.8. The van der Waals surface area contributed by atoms with Crippen LogP contribution in [0.5, 0.6) is 11.5 Å². The zero-order valence-electron chi connectivity index (χ0n) is 14.0. The van der Waals surface area contributed by atoms with Gasteiger partial charge in [-0.15, -0.1) is 0 Å². The molecule has 0 heterocycles. The summed E-state index contributed by atoms with van der Waals surface area (Å²) in [6, 6.07) is 9.49. The van der Waals surface area contributed by atoms with Gasteiger partial charge in [0, 0.05) is 10.6 Å². The van der Waals surface area contributed by atoms with E-state index in [9.17, 15) is 9.59 Å². The Bertz CT molecular complexity index is 753. The molecule has 0 N–H and O–H groups in total. The smallest absolute Gasteiger partial charge is 0.338 e. The number of methoxy groups -OCH3 is 3. The molecule has 0 amide bonds. The van der Waals surface area contributed by atoms with E-state index in [1.807, 2.05) is 0 Å². The molecule has 0 saturated heterocycles. The Morgan fingerprint density at radius 1 is 0.920 bits per heavy atom. The zero-order valence-corrected chi connectivity index (χ0v) is 14.8. The van der Waals surface area contributed by atoms with Crippen molar-refractivity contribution in [2.45, 2.75) is 6.61 Å². The van der Waals surface area contributed by atoms with Crippen LogP contribution in [0.4, 0.5) is 0 Å². The highest BCUT2D eigenvalue weighted by Gasteiger charge is 2.15. The Labute approximate surface area is 150 Å². The Morgan fingerprint density at radius 2 is 1.52 bits per heavy atom. The normalized spacial score (nSPS) is 10.1. The number of benzene rings is 2. The van der Waals surface area contributed by atoms with Crippen LogP contribution >= 0.6 is 11.6 Å². The largest absolute Gasteiger partial charge is 0.496 e. The summed E-state index contributed by atoms with van der Waals surface area (Å²) in [5.74, 6) is -0.251. The van der Waals surface area contributed by atoms with Crippen LogP contribution in [0.1, 0.15) is 26.3 Å². The van der Waals surface area contributed by atoms with E-state index in [4.69, 9.17) is 30.5 Å². The van der Waals surface area contributed by atoms with Crippen molar-refractivity contribution in [3.05, 3.63) is 58.1 Å². The first-order chi connectivity index (χ1) is 12.0. The molecule has 25 heavy (non-hydrogen) atoms. The first-order valence-electron chi connectivity index (χ1n) is 7.25. The molecular formula is C18H17ClO6. The number of hydrogen-bond acceptors (Lipinski definition) is 6. The van der Waals surface area contributed by atoms with Gasteiger partial charge in [-0.25, -0.2) is 9.59 Å². The lowest BCUT2D eigenvalue weighted by Crippen LogP contribution is -2.08. The fourth-order valence-corrected chi connectivity index (χ4v) is 2.37. The van der Waals surface area contributed by atoms with Crippen LogP contribution in [0.3, 0.4) is 0 Å². The summed E-state index contributed by atoms with van der Waals surface area (Å²) in [7, 11) is 4.05. The summed E-state index contributed by atoms with van der Waals surface area (Å²) in [4.78, 5) is 23.6. The van der Waals surface area contributed by atoms with Gasteiger partial charge < -0.3 is 18.9 Å². The van der Waals surface area contributed by atoms with Crippen LogP contribution in [0.25, 0.3) is 0 Å². The molecule has 0 bridgehead atoms. The first-order valence-corrected chi connectivity index (χ1v) is 7.63. The van der Waals surface area contributed by atoms with Crippen LogP contribution in [-0.4, -0.2) is 33.3 Å². The molecule has 0 aromatic heterocycles. The summed E-state index contributed by atoms with van der Waals surface area (Å²) in [6.07, 6.45) is 0. The quantitative estimate of drug-likeness (QED) is 0.730. The number of carbonyl (C=O) groups is 2. The second-order valence-corrected chi connectivity index (χ2v) is 5.41.